The number of tetrazole rings is 1. The van der Waals surface area contributed by atoms with Crippen molar-refractivity contribution in [2.75, 3.05) is 12.8 Å². The highest BCUT2D eigenvalue weighted by Gasteiger charge is 2.38. The van der Waals surface area contributed by atoms with E-state index in [4.69, 9.17) is 0 Å². The smallest absolute Gasteiger partial charge is 0.234 e. The summed E-state index contributed by atoms with van der Waals surface area (Å²) in [5.41, 5.74) is -0.627. The molecule has 3 rings (SSSR count). The van der Waals surface area contributed by atoms with E-state index in [1.165, 1.54) is 11.8 Å². The van der Waals surface area contributed by atoms with E-state index in [0.717, 1.165) is 44.9 Å². The van der Waals surface area contributed by atoms with Crippen LogP contribution < -0.4 is 0 Å². The molecule has 0 spiro atoms. The first-order valence-corrected chi connectivity index (χ1v) is 8.73. The molecule has 0 unspecified atom stereocenters. The average molecular weight is 320 g/mol. The lowest BCUT2D eigenvalue weighted by Crippen LogP contribution is -2.50. The van der Waals surface area contributed by atoms with Crippen LogP contribution in [0, 0.1) is 11.3 Å². The molecule has 118 valence electrons. The molecule has 22 heavy (non-hydrogen) atoms. The molecule has 0 saturated heterocycles. The van der Waals surface area contributed by atoms with Gasteiger partial charge < -0.3 is 4.90 Å². The second-order valence-corrected chi connectivity index (χ2v) is 7.03. The third kappa shape index (κ3) is 2.95. The van der Waals surface area contributed by atoms with Crippen LogP contribution in [0.3, 0.4) is 0 Å². The van der Waals surface area contributed by atoms with Crippen LogP contribution in [0.25, 0.3) is 0 Å². The first-order valence-electron chi connectivity index (χ1n) is 7.75. The Morgan fingerprint density at radius 2 is 2.18 bits per heavy atom. The zero-order valence-electron chi connectivity index (χ0n) is 12.7. The molecule has 0 atom stereocenters. The second-order valence-electron chi connectivity index (χ2n) is 6.08. The summed E-state index contributed by atoms with van der Waals surface area (Å²) in [6, 6.07) is 2.78. The van der Waals surface area contributed by atoms with Gasteiger partial charge in [-0.1, -0.05) is 31.0 Å². The van der Waals surface area contributed by atoms with Gasteiger partial charge >= 0.3 is 0 Å². The van der Waals surface area contributed by atoms with Gasteiger partial charge in [0.1, 0.15) is 5.54 Å². The minimum Gasteiger partial charge on any atom is -0.326 e. The fraction of sp³-hybridized carbons (Fsp3) is 0.786. The Morgan fingerprint density at radius 3 is 2.82 bits per heavy atom. The summed E-state index contributed by atoms with van der Waals surface area (Å²) in [4.78, 5) is 14.1. The molecule has 0 bridgehead atoms. The van der Waals surface area contributed by atoms with Gasteiger partial charge in [-0.15, -0.1) is 5.10 Å². The average Bonchev–Trinajstić information content (AvgIpc) is 3.30. The van der Waals surface area contributed by atoms with Crippen LogP contribution in [-0.2, 0) is 4.79 Å². The number of carbonyl (C=O) groups is 1. The van der Waals surface area contributed by atoms with E-state index in [0.29, 0.717) is 11.2 Å². The van der Waals surface area contributed by atoms with Gasteiger partial charge in [-0.2, -0.15) is 5.26 Å². The van der Waals surface area contributed by atoms with E-state index in [9.17, 15) is 10.1 Å². The molecule has 2 aliphatic carbocycles. The summed E-state index contributed by atoms with van der Waals surface area (Å²) >= 11 is 1.36. The summed E-state index contributed by atoms with van der Waals surface area (Å²) in [5.74, 6) is 0.242. The van der Waals surface area contributed by atoms with E-state index in [1.807, 2.05) is 0 Å². The molecule has 1 aromatic rings. The van der Waals surface area contributed by atoms with Crippen molar-refractivity contribution >= 4 is 17.7 Å². The van der Waals surface area contributed by atoms with Gasteiger partial charge in [-0.3, -0.25) is 4.79 Å². The number of hydrogen-bond donors (Lipinski definition) is 0. The zero-order chi connectivity index (χ0) is 15.6. The number of carbonyl (C=O) groups excluding carboxylic acids is 1. The maximum absolute atomic E-state index is 12.5. The third-order valence-corrected chi connectivity index (χ3v) is 5.50. The monoisotopic (exact) mass is 320 g/mol. The molecule has 0 aliphatic heterocycles. The van der Waals surface area contributed by atoms with E-state index in [-0.39, 0.29) is 11.7 Å². The number of amides is 1. The fourth-order valence-electron chi connectivity index (χ4n) is 2.95. The Kier molecular flexibility index (Phi) is 4.34. The highest BCUT2D eigenvalue weighted by atomic mass is 32.2. The molecule has 1 heterocycles. The van der Waals surface area contributed by atoms with Crippen LogP contribution in [-0.4, -0.2) is 49.4 Å². The van der Waals surface area contributed by atoms with Crippen LogP contribution in [0.2, 0.25) is 0 Å². The number of nitriles is 1. The van der Waals surface area contributed by atoms with Gasteiger partial charge in [0, 0.05) is 7.05 Å². The molecular formula is C14H20N6OS. The zero-order valence-corrected chi connectivity index (χ0v) is 13.6. The Bertz CT molecular complexity index is 584. The number of aromatic nitrogens is 4. The molecule has 1 amide bonds. The summed E-state index contributed by atoms with van der Waals surface area (Å²) in [5, 5.41) is 21.9. The Labute approximate surface area is 134 Å². The van der Waals surface area contributed by atoms with Gasteiger partial charge in [-0.25, -0.2) is 4.68 Å². The van der Waals surface area contributed by atoms with Crippen molar-refractivity contribution in [1.82, 2.24) is 25.1 Å². The van der Waals surface area contributed by atoms with Gasteiger partial charge in [-0.05, 0) is 36.1 Å². The normalized spacial score (nSPS) is 20.4. The predicted molar refractivity (Wildman–Crippen MR) is 81.0 cm³/mol. The van der Waals surface area contributed by atoms with Crippen molar-refractivity contribution in [3.63, 3.8) is 0 Å². The third-order valence-electron chi connectivity index (χ3n) is 4.59. The van der Waals surface area contributed by atoms with Crippen molar-refractivity contribution in [2.24, 2.45) is 0 Å². The maximum Gasteiger partial charge on any atom is 0.234 e. The highest BCUT2D eigenvalue weighted by molar-refractivity contribution is 7.99. The molecule has 0 N–H and O–H groups in total. The molecule has 2 saturated carbocycles. The van der Waals surface area contributed by atoms with E-state index in [1.54, 1.807) is 16.6 Å². The molecule has 2 aliphatic rings. The van der Waals surface area contributed by atoms with Crippen LogP contribution in [0.1, 0.15) is 51.0 Å². The van der Waals surface area contributed by atoms with Crippen molar-refractivity contribution < 1.29 is 4.79 Å². The van der Waals surface area contributed by atoms with Crippen molar-refractivity contribution in [1.29, 1.82) is 5.26 Å². The van der Waals surface area contributed by atoms with Crippen LogP contribution >= 0.6 is 11.8 Å². The SMILES string of the molecule is CN(C(=O)CSc1nnnn1C1CC1)C1(C#N)CCCCC1. The lowest BCUT2D eigenvalue weighted by atomic mass is 9.81. The first kappa shape index (κ1) is 15.3. The van der Waals surface area contributed by atoms with Gasteiger partial charge in [0.05, 0.1) is 17.9 Å². The van der Waals surface area contributed by atoms with Gasteiger partial charge in [0.25, 0.3) is 0 Å². The molecule has 1 aromatic heterocycles. The highest BCUT2D eigenvalue weighted by Crippen LogP contribution is 2.37. The lowest BCUT2D eigenvalue weighted by Gasteiger charge is -2.39. The van der Waals surface area contributed by atoms with Crippen molar-refractivity contribution in [2.45, 2.75) is 61.7 Å². The van der Waals surface area contributed by atoms with E-state index < -0.39 is 5.54 Å². The Morgan fingerprint density at radius 1 is 1.45 bits per heavy atom. The topological polar surface area (TPSA) is 87.7 Å². The molecule has 7 nitrogen and oxygen atoms in total. The van der Waals surface area contributed by atoms with Crippen molar-refractivity contribution in [3.05, 3.63) is 0 Å². The van der Waals surface area contributed by atoms with Crippen molar-refractivity contribution in [3.8, 4) is 6.07 Å². The Balaban J connectivity index is 1.61. The second kappa shape index (κ2) is 6.24. The molecule has 2 fully saturated rings. The largest absolute Gasteiger partial charge is 0.326 e. The minimum absolute atomic E-state index is 0.0289. The number of nitrogens with zero attached hydrogens (tertiary/aromatic N) is 6. The molecule has 0 aromatic carbocycles. The quantitative estimate of drug-likeness (QED) is 0.769. The van der Waals surface area contributed by atoms with Gasteiger partial charge in [0.2, 0.25) is 11.1 Å². The summed E-state index contributed by atoms with van der Waals surface area (Å²) in [6.07, 6.45) is 6.92. The lowest BCUT2D eigenvalue weighted by molar-refractivity contribution is -0.131. The van der Waals surface area contributed by atoms with Crippen LogP contribution in [0.5, 0.6) is 0 Å². The van der Waals surface area contributed by atoms with Crippen LogP contribution in [0.15, 0.2) is 5.16 Å². The summed E-state index contributed by atoms with van der Waals surface area (Å²) in [6.45, 7) is 0. The number of thioether (sulfide) groups is 1. The number of hydrogen-bond acceptors (Lipinski definition) is 6. The van der Waals surface area contributed by atoms with Gasteiger partial charge in [0.15, 0.2) is 0 Å². The maximum atomic E-state index is 12.5. The molecule has 0 radical (unpaired) electrons. The van der Waals surface area contributed by atoms with E-state index >= 15 is 0 Å². The summed E-state index contributed by atoms with van der Waals surface area (Å²) in [7, 11) is 1.75. The minimum atomic E-state index is -0.627. The standard InChI is InChI=1S/C14H20N6OS/c1-19(14(10-15)7-3-2-4-8-14)12(21)9-22-13-16-17-18-20(13)11-5-6-11/h11H,2-9H2,1H3. The summed E-state index contributed by atoms with van der Waals surface area (Å²) < 4.78 is 1.80. The first-order chi connectivity index (χ1) is 10.7. The molecular weight excluding hydrogens is 300 g/mol. The number of rotatable bonds is 5. The predicted octanol–water partition coefficient (Wildman–Crippen LogP) is 1.78. The van der Waals surface area contributed by atoms with Crippen LogP contribution in [0.4, 0.5) is 0 Å². The molecule has 8 heteroatoms. The fourth-order valence-corrected chi connectivity index (χ4v) is 3.81. The Hall–Kier alpha value is -1.62. The van der Waals surface area contributed by atoms with E-state index in [2.05, 4.69) is 21.6 Å².